The number of aryl methyl sites for hydroxylation is 1. The van der Waals surface area contributed by atoms with Crippen LogP contribution in [0.15, 0.2) is 42.1 Å². The molecule has 136 valence electrons. The van der Waals surface area contributed by atoms with Crippen molar-refractivity contribution in [3.8, 4) is 0 Å². The highest BCUT2D eigenvalue weighted by Crippen LogP contribution is 2.14. The van der Waals surface area contributed by atoms with Gasteiger partial charge in [0.2, 0.25) is 11.7 Å². The van der Waals surface area contributed by atoms with E-state index in [2.05, 4.69) is 5.32 Å². The van der Waals surface area contributed by atoms with Gasteiger partial charge in [0, 0.05) is 30.9 Å². The molecular weight excluding hydrogens is 332 g/mol. The Kier molecular flexibility index (Phi) is 6.11. The highest BCUT2D eigenvalue weighted by Gasteiger charge is 2.18. The number of nitrogens with zero attached hydrogens (tertiary/aromatic N) is 1. The molecule has 2 rings (SSSR count). The van der Waals surface area contributed by atoms with Gasteiger partial charge in [-0.3, -0.25) is 9.59 Å². The highest BCUT2D eigenvalue weighted by molar-refractivity contribution is 6.02. The van der Waals surface area contributed by atoms with Gasteiger partial charge in [-0.15, -0.1) is 0 Å². The van der Waals surface area contributed by atoms with Gasteiger partial charge in [-0.05, 0) is 31.6 Å². The fourth-order valence-electron chi connectivity index (χ4n) is 2.48. The van der Waals surface area contributed by atoms with E-state index in [0.29, 0.717) is 5.56 Å². The fourth-order valence-corrected chi connectivity index (χ4v) is 2.48. The summed E-state index contributed by atoms with van der Waals surface area (Å²) in [6.45, 7) is 4.63. The second-order valence-corrected chi connectivity index (χ2v) is 5.99. The first kappa shape index (κ1) is 19.2. The second-order valence-electron chi connectivity index (χ2n) is 5.99. The van der Waals surface area contributed by atoms with E-state index in [9.17, 15) is 14.4 Å². The van der Waals surface area contributed by atoms with Crippen LogP contribution in [0.2, 0.25) is 0 Å². The Bertz CT molecular complexity index is 863. The number of ketones is 1. The lowest BCUT2D eigenvalue weighted by atomic mass is 10.1. The number of carbonyl (C=O) groups is 3. The minimum Gasteiger partial charge on any atom is -0.453 e. The molecule has 0 aliphatic heterocycles. The van der Waals surface area contributed by atoms with Crippen LogP contribution in [0.25, 0.3) is 6.08 Å². The first-order chi connectivity index (χ1) is 12.3. The van der Waals surface area contributed by atoms with Crippen LogP contribution in [-0.4, -0.2) is 28.8 Å². The smallest absolute Gasteiger partial charge is 0.355 e. The van der Waals surface area contributed by atoms with E-state index < -0.39 is 18.5 Å². The SMILES string of the molecule is CC(=O)NC(=Cc1ccccc1)C(=O)OCC(=O)c1cc(C)n(C)c1C. The van der Waals surface area contributed by atoms with Gasteiger partial charge in [-0.2, -0.15) is 0 Å². The number of hydrogen-bond acceptors (Lipinski definition) is 4. The summed E-state index contributed by atoms with van der Waals surface area (Å²) in [5.41, 5.74) is 2.99. The van der Waals surface area contributed by atoms with E-state index in [4.69, 9.17) is 4.74 Å². The summed E-state index contributed by atoms with van der Waals surface area (Å²) in [6, 6.07) is 10.8. The van der Waals surface area contributed by atoms with Crippen LogP contribution in [-0.2, 0) is 21.4 Å². The largest absolute Gasteiger partial charge is 0.453 e. The molecule has 1 amide bonds. The average Bonchev–Trinajstić information content (AvgIpc) is 2.87. The average molecular weight is 354 g/mol. The van der Waals surface area contributed by atoms with Gasteiger partial charge in [0.1, 0.15) is 5.70 Å². The minimum absolute atomic E-state index is 0.0162. The molecule has 0 saturated heterocycles. The molecule has 1 aromatic carbocycles. The van der Waals surface area contributed by atoms with Gasteiger partial charge in [0.05, 0.1) is 0 Å². The normalized spacial score (nSPS) is 11.2. The molecule has 1 N–H and O–H groups in total. The van der Waals surface area contributed by atoms with Crippen molar-refractivity contribution in [1.82, 2.24) is 9.88 Å². The van der Waals surface area contributed by atoms with Gasteiger partial charge in [-0.1, -0.05) is 30.3 Å². The predicted molar refractivity (Wildman–Crippen MR) is 98.4 cm³/mol. The molecule has 0 bridgehead atoms. The molecule has 6 nitrogen and oxygen atoms in total. The predicted octanol–water partition coefficient (Wildman–Crippen LogP) is 2.55. The number of Topliss-reactive ketones (excluding diaryl/α,β-unsaturated/α-hetero) is 1. The zero-order valence-corrected chi connectivity index (χ0v) is 15.3. The third-order valence-corrected chi connectivity index (χ3v) is 4.05. The van der Waals surface area contributed by atoms with Gasteiger partial charge in [-0.25, -0.2) is 4.79 Å². The van der Waals surface area contributed by atoms with Crippen LogP contribution in [0.1, 0.15) is 34.2 Å². The fraction of sp³-hybridized carbons (Fsp3) is 0.250. The maximum Gasteiger partial charge on any atom is 0.355 e. The van der Waals surface area contributed by atoms with Gasteiger partial charge < -0.3 is 14.6 Å². The van der Waals surface area contributed by atoms with E-state index in [0.717, 1.165) is 17.0 Å². The maximum atomic E-state index is 12.3. The molecule has 0 unspecified atom stereocenters. The van der Waals surface area contributed by atoms with Crippen LogP contribution in [0.3, 0.4) is 0 Å². The summed E-state index contributed by atoms with van der Waals surface area (Å²) in [5, 5.41) is 2.45. The Morgan fingerprint density at radius 3 is 2.35 bits per heavy atom. The Morgan fingerprint density at radius 1 is 1.15 bits per heavy atom. The van der Waals surface area contributed by atoms with Gasteiger partial charge in [0.25, 0.3) is 0 Å². The second kappa shape index (κ2) is 8.29. The van der Waals surface area contributed by atoms with E-state index in [-0.39, 0.29) is 11.5 Å². The number of benzene rings is 1. The quantitative estimate of drug-likeness (QED) is 0.491. The number of ether oxygens (including phenoxy) is 1. The first-order valence-corrected chi connectivity index (χ1v) is 8.17. The Balaban J connectivity index is 2.12. The van der Waals surface area contributed by atoms with Crippen LogP contribution in [0.4, 0.5) is 0 Å². The third kappa shape index (κ3) is 4.69. The molecule has 0 radical (unpaired) electrons. The molecule has 0 aliphatic rings. The summed E-state index contributed by atoms with van der Waals surface area (Å²) < 4.78 is 7.01. The molecular formula is C20H22N2O4. The topological polar surface area (TPSA) is 77.4 Å². The molecule has 0 spiro atoms. The summed E-state index contributed by atoms with van der Waals surface area (Å²) in [4.78, 5) is 36.0. The van der Waals surface area contributed by atoms with E-state index in [1.165, 1.54) is 13.0 Å². The molecule has 26 heavy (non-hydrogen) atoms. The molecule has 1 aromatic heterocycles. The van der Waals surface area contributed by atoms with Gasteiger partial charge >= 0.3 is 5.97 Å². The number of nitrogens with one attached hydrogen (secondary N) is 1. The van der Waals surface area contributed by atoms with Crippen molar-refractivity contribution in [1.29, 1.82) is 0 Å². The molecule has 0 atom stereocenters. The standard InChI is InChI=1S/C20H22N2O4/c1-13-10-17(14(2)22(13)4)19(24)12-26-20(25)18(21-15(3)23)11-16-8-6-5-7-9-16/h5-11H,12H2,1-4H3,(H,21,23). The first-order valence-electron chi connectivity index (χ1n) is 8.17. The number of hydrogen-bond donors (Lipinski definition) is 1. The van der Waals surface area contributed by atoms with Crippen LogP contribution >= 0.6 is 0 Å². The van der Waals surface area contributed by atoms with E-state index in [1.54, 1.807) is 18.2 Å². The summed E-state index contributed by atoms with van der Waals surface area (Å²) in [5.74, 6) is -1.45. The van der Waals surface area contributed by atoms with Crippen LogP contribution in [0, 0.1) is 13.8 Å². The van der Waals surface area contributed by atoms with Gasteiger partial charge in [0.15, 0.2) is 6.61 Å². The van der Waals surface area contributed by atoms with Crippen molar-refractivity contribution in [2.45, 2.75) is 20.8 Å². The van der Waals surface area contributed by atoms with Crippen LogP contribution < -0.4 is 5.32 Å². The number of esters is 1. The molecule has 1 heterocycles. The Morgan fingerprint density at radius 2 is 1.81 bits per heavy atom. The van der Waals surface area contributed by atoms with Crippen LogP contribution in [0.5, 0.6) is 0 Å². The zero-order valence-electron chi connectivity index (χ0n) is 15.3. The minimum atomic E-state index is -0.761. The third-order valence-electron chi connectivity index (χ3n) is 4.05. The van der Waals surface area contributed by atoms with Crippen molar-refractivity contribution in [3.05, 3.63) is 64.6 Å². The number of aromatic nitrogens is 1. The number of amides is 1. The lowest BCUT2D eigenvalue weighted by Gasteiger charge is -2.09. The lowest BCUT2D eigenvalue weighted by molar-refractivity contribution is -0.139. The maximum absolute atomic E-state index is 12.3. The number of carbonyl (C=O) groups excluding carboxylic acids is 3. The monoisotopic (exact) mass is 354 g/mol. The number of rotatable bonds is 6. The Labute approximate surface area is 152 Å². The molecule has 0 fully saturated rings. The summed E-state index contributed by atoms with van der Waals surface area (Å²) in [7, 11) is 1.87. The van der Waals surface area contributed by atoms with E-state index >= 15 is 0 Å². The van der Waals surface area contributed by atoms with Crippen molar-refractivity contribution in [2.75, 3.05) is 6.61 Å². The van der Waals surface area contributed by atoms with Crippen molar-refractivity contribution < 1.29 is 19.1 Å². The molecule has 2 aromatic rings. The highest BCUT2D eigenvalue weighted by atomic mass is 16.5. The zero-order chi connectivity index (χ0) is 19.3. The molecule has 6 heteroatoms. The van der Waals surface area contributed by atoms with E-state index in [1.807, 2.05) is 43.7 Å². The molecule has 0 saturated carbocycles. The van der Waals surface area contributed by atoms with Crippen molar-refractivity contribution in [2.24, 2.45) is 7.05 Å². The lowest BCUT2D eigenvalue weighted by Crippen LogP contribution is -2.27. The summed E-state index contributed by atoms with van der Waals surface area (Å²) >= 11 is 0. The van der Waals surface area contributed by atoms with Crippen molar-refractivity contribution >= 4 is 23.7 Å². The Hall–Kier alpha value is -3.15. The summed E-state index contributed by atoms with van der Waals surface area (Å²) in [6.07, 6.45) is 1.51. The molecule has 0 aliphatic carbocycles. The van der Waals surface area contributed by atoms with Crippen molar-refractivity contribution in [3.63, 3.8) is 0 Å².